The molecule has 8 heteroatoms. The predicted octanol–water partition coefficient (Wildman–Crippen LogP) is 4.14. The van der Waals surface area contributed by atoms with E-state index in [-0.39, 0.29) is 29.6 Å². The lowest BCUT2D eigenvalue weighted by Gasteiger charge is -2.21. The fourth-order valence-corrected chi connectivity index (χ4v) is 4.49. The zero-order valence-electron chi connectivity index (χ0n) is 17.6. The third kappa shape index (κ3) is 4.58. The fourth-order valence-electron chi connectivity index (χ4n) is 3.47. The Balaban J connectivity index is 2.04. The van der Waals surface area contributed by atoms with Crippen LogP contribution in [0.15, 0.2) is 12.3 Å². The molecule has 0 radical (unpaired) electrons. The highest BCUT2D eigenvalue weighted by atomic mass is 32.1. The van der Waals surface area contributed by atoms with Gasteiger partial charge in [-0.1, -0.05) is 0 Å². The van der Waals surface area contributed by atoms with E-state index in [1.165, 1.54) is 11.3 Å². The van der Waals surface area contributed by atoms with E-state index in [1.807, 2.05) is 38.7 Å². The zero-order chi connectivity index (χ0) is 21.1. The third-order valence-corrected chi connectivity index (χ3v) is 5.95. The summed E-state index contributed by atoms with van der Waals surface area (Å²) in [7, 11) is 0. The molecule has 7 nitrogen and oxygen atoms in total. The molecule has 2 aromatic heterocycles. The number of amides is 1. The number of rotatable bonds is 6. The number of hydrogen-bond acceptors (Lipinski definition) is 7. The van der Waals surface area contributed by atoms with Crippen LogP contribution in [0.5, 0.6) is 0 Å². The van der Waals surface area contributed by atoms with Gasteiger partial charge in [-0.15, -0.1) is 11.3 Å². The van der Waals surface area contributed by atoms with Crippen molar-refractivity contribution in [2.24, 2.45) is 0 Å². The summed E-state index contributed by atoms with van der Waals surface area (Å²) in [6.07, 6.45) is 3.70. The number of carbonyl (C=O) groups excluding carboxylic acids is 2. The van der Waals surface area contributed by atoms with Gasteiger partial charge in [0.2, 0.25) is 5.01 Å². The van der Waals surface area contributed by atoms with Crippen LogP contribution in [0.3, 0.4) is 0 Å². The van der Waals surface area contributed by atoms with E-state index in [9.17, 15) is 9.59 Å². The van der Waals surface area contributed by atoms with Crippen LogP contribution in [-0.2, 0) is 4.74 Å². The third-order valence-electron chi connectivity index (χ3n) is 4.89. The topological polar surface area (TPSA) is 84.4 Å². The lowest BCUT2D eigenvalue weighted by atomic mass is 10.1. The molecular formula is C21H28N4O3S. The predicted molar refractivity (Wildman–Crippen MR) is 115 cm³/mol. The number of likely N-dealkylation sites (tertiary alicyclic amines) is 1. The van der Waals surface area contributed by atoms with Gasteiger partial charge in [-0.05, 0) is 59.1 Å². The molecule has 0 aromatic carbocycles. The number of thiazole rings is 1. The second-order valence-electron chi connectivity index (χ2n) is 7.59. The van der Waals surface area contributed by atoms with Gasteiger partial charge in [-0.25, -0.2) is 14.8 Å². The van der Waals surface area contributed by atoms with E-state index in [2.05, 4.69) is 15.3 Å². The SMILES string of the molecule is CCOC(=O)c1nc(C(=O)N2CCC[C@@H]2C)c(-c2cnc(NC(C)C)cc2C)s1. The van der Waals surface area contributed by atoms with Crippen LogP contribution in [0.1, 0.15) is 66.4 Å². The molecule has 1 amide bonds. The first-order chi connectivity index (χ1) is 13.8. The van der Waals surface area contributed by atoms with Crippen molar-refractivity contribution in [3.63, 3.8) is 0 Å². The van der Waals surface area contributed by atoms with Crippen molar-refractivity contribution >= 4 is 29.0 Å². The fraction of sp³-hybridized carbons (Fsp3) is 0.524. The van der Waals surface area contributed by atoms with Crippen LogP contribution in [0.4, 0.5) is 5.82 Å². The number of nitrogens with one attached hydrogen (secondary N) is 1. The van der Waals surface area contributed by atoms with Crippen LogP contribution in [-0.4, -0.2) is 52.0 Å². The Kier molecular flexibility index (Phi) is 6.52. The molecule has 3 heterocycles. The van der Waals surface area contributed by atoms with Crippen LogP contribution < -0.4 is 5.32 Å². The Bertz CT molecular complexity index is 909. The van der Waals surface area contributed by atoms with Gasteiger partial charge in [0.05, 0.1) is 11.5 Å². The molecule has 1 aliphatic rings. The minimum Gasteiger partial charge on any atom is -0.461 e. The molecule has 1 aliphatic heterocycles. The molecule has 2 aromatic rings. The number of anilines is 1. The largest absolute Gasteiger partial charge is 0.461 e. The number of nitrogens with zero attached hydrogens (tertiary/aromatic N) is 3. The lowest BCUT2D eigenvalue weighted by Crippen LogP contribution is -2.34. The quantitative estimate of drug-likeness (QED) is 0.713. The van der Waals surface area contributed by atoms with Gasteiger partial charge in [0, 0.05) is 30.4 Å². The first kappa shape index (κ1) is 21.2. The van der Waals surface area contributed by atoms with Crippen molar-refractivity contribution in [1.82, 2.24) is 14.9 Å². The summed E-state index contributed by atoms with van der Waals surface area (Å²) in [4.78, 5) is 36.9. The monoisotopic (exact) mass is 416 g/mol. The zero-order valence-corrected chi connectivity index (χ0v) is 18.4. The van der Waals surface area contributed by atoms with Crippen molar-refractivity contribution in [2.75, 3.05) is 18.5 Å². The average molecular weight is 417 g/mol. The van der Waals surface area contributed by atoms with Crippen LogP contribution >= 0.6 is 11.3 Å². The second kappa shape index (κ2) is 8.90. The Labute approximate surface area is 175 Å². The van der Waals surface area contributed by atoms with E-state index in [0.717, 1.165) is 29.8 Å². The molecule has 1 saturated heterocycles. The summed E-state index contributed by atoms with van der Waals surface area (Å²) in [5, 5.41) is 3.47. The van der Waals surface area contributed by atoms with E-state index in [1.54, 1.807) is 13.1 Å². The summed E-state index contributed by atoms with van der Waals surface area (Å²) in [6, 6.07) is 2.38. The smallest absolute Gasteiger partial charge is 0.367 e. The van der Waals surface area contributed by atoms with Crippen LogP contribution in [0.25, 0.3) is 10.4 Å². The van der Waals surface area contributed by atoms with Gasteiger partial charge in [-0.2, -0.15) is 0 Å². The molecule has 29 heavy (non-hydrogen) atoms. The summed E-state index contributed by atoms with van der Waals surface area (Å²) < 4.78 is 5.11. The Morgan fingerprint density at radius 1 is 1.41 bits per heavy atom. The van der Waals surface area contributed by atoms with Gasteiger partial charge in [0.15, 0.2) is 0 Å². The van der Waals surface area contributed by atoms with Gasteiger partial charge in [0.1, 0.15) is 11.5 Å². The summed E-state index contributed by atoms with van der Waals surface area (Å²) in [5.41, 5.74) is 2.08. The van der Waals surface area contributed by atoms with Gasteiger partial charge < -0.3 is 15.0 Å². The molecule has 0 unspecified atom stereocenters. The number of aryl methyl sites for hydroxylation is 1. The van der Waals surface area contributed by atoms with Gasteiger partial charge in [0.25, 0.3) is 5.91 Å². The van der Waals surface area contributed by atoms with E-state index in [0.29, 0.717) is 17.1 Å². The number of hydrogen-bond donors (Lipinski definition) is 1. The highest BCUT2D eigenvalue weighted by Crippen LogP contribution is 2.35. The maximum atomic E-state index is 13.3. The minimum absolute atomic E-state index is 0.138. The highest BCUT2D eigenvalue weighted by Gasteiger charge is 2.32. The molecule has 1 fully saturated rings. The number of ether oxygens (including phenoxy) is 1. The van der Waals surface area contributed by atoms with Crippen LogP contribution in [0.2, 0.25) is 0 Å². The molecule has 1 N–H and O–H groups in total. The molecule has 0 bridgehead atoms. The van der Waals surface area contributed by atoms with Gasteiger partial charge >= 0.3 is 5.97 Å². The molecule has 0 saturated carbocycles. The average Bonchev–Trinajstić information content (AvgIpc) is 3.27. The standard InChI is InChI=1S/C21H28N4O3S/c1-6-28-21(27)19-24-17(20(26)25-9-7-8-14(25)5)18(29-19)15-11-22-16(10-13(15)4)23-12(2)3/h10-12,14H,6-9H2,1-5H3,(H,22,23)/t14-/m0/s1. The molecule has 156 valence electrons. The maximum Gasteiger partial charge on any atom is 0.367 e. The minimum atomic E-state index is -0.504. The van der Waals surface area contributed by atoms with E-state index >= 15 is 0 Å². The Morgan fingerprint density at radius 2 is 2.17 bits per heavy atom. The van der Waals surface area contributed by atoms with Crippen molar-refractivity contribution in [3.05, 3.63) is 28.5 Å². The number of pyridine rings is 1. The molecule has 0 aliphatic carbocycles. The Hall–Kier alpha value is -2.48. The first-order valence-corrected chi connectivity index (χ1v) is 10.9. The van der Waals surface area contributed by atoms with Crippen molar-refractivity contribution in [2.45, 2.75) is 59.5 Å². The van der Waals surface area contributed by atoms with Crippen molar-refractivity contribution in [3.8, 4) is 10.4 Å². The summed E-state index contributed by atoms with van der Waals surface area (Å²) in [6.45, 7) is 10.8. The van der Waals surface area contributed by atoms with E-state index < -0.39 is 5.97 Å². The second-order valence-corrected chi connectivity index (χ2v) is 8.59. The first-order valence-electron chi connectivity index (χ1n) is 10.0. The summed E-state index contributed by atoms with van der Waals surface area (Å²) >= 11 is 1.19. The van der Waals surface area contributed by atoms with E-state index in [4.69, 9.17) is 4.74 Å². The van der Waals surface area contributed by atoms with Crippen LogP contribution in [0, 0.1) is 6.92 Å². The normalized spacial score (nSPS) is 16.3. The Morgan fingerprint density at radius 3 is 2.76 bits per heavy atom. The van der Waals surface area contributed by atoms with Crippen molar-refractivity contribution < 1.29 is 14.3 Å². The molecular weight excluding hydrogens is 388 g/mol. The number of esters is 1. The molecule has 0 spiro atoms. The molecule has 3 rings (SSSR count). The lowest BCUT2D eigenvalue weighted by molar-refractivity contribution is 0.0526. The number of carbonyl (C=O) groups is 2. The highest BCUT2D eigenvalue weighted by molar-refractivity contribution is 7.17. The summed E-state index contributed by atoms with van der Waals surface area (Å²) in [5.74, 6) is 0.133. The molecule has 1 atom stereocenters. The van der Waals surface area contributed by atoms with Crippen molar-refractivity contribution in [1.29, 1.82) is 0 Å². The maximum absolute atomic E-state index is 13.3. The van der Waals surface area contributed by atoms with Gasteiger partial charge in [-0.3, -0.25) is 4.79 Å². The number of aromatic nitrogens is 2.